The summed E-state index contributed by atoms with van der Waals surface area (Å²) in [4.78, 5) is 0.231. The lowest BCUT2D eigenvalue weighted by Gasteiger charge is -2.10. The average molecular weight is 420 g/mol. The van der Waals surface area contributed by atoms with Gasteiger partial charge in [0, 0.05) is 23.8 Å². The van der Waals surface area contributed by atoms with E-state index < -0.39 is 10.0 Å². The predicted octanol–water partition coefficient (Wildman–Crippen LogP) is 3.77. The highest BCUT2D eigenvalue weighted by Gasteiger charge is 2.14. The number of anilines is 3. The molecule has 0 saturated carbocycles. The number of hydrogen-bond acceptors (Lipinski definition) is 6. The molecule has 30 heavy (non-hydrogen) atoms. The van der Waals surface area contributed by atoms with Crippen LogP contribution in [0.3, 0.4) is 0 Å². The van der Waals surface area contributed by atoms with Crippen LogP contribution in [0.4, 0.5) is 17.2 Å². The van der Waals surface area contributed by atoms with Gasteiger partial charge in [0.1, 0.15) is 0 Å². The number of aromatic nitrogens is 4. The highest BCUT2D eigenvalue weighted by Crippen LogP contribution is 2.21. The van der Waals surface area contributed by atoms with Crippen molar-refractivity contribution in [2.45, 2.75) is 18.2 Å². The monoisotopic (exact) mass is 420 g/mol. The van der Waals surface area contributed by atoms with Gasteiger partial charge in [0.2, 0.25) is 0 Å². The maximum atomic E-state index is 12.6. The fraction of sp³-hybridized carbons (Fsp3) is 0.0952. The third-order valence-electron chi connectivity index (χ3n) is 4.44. The molecule has 4 aromatic rings. The molecule has 152 valence electrons. The van der Waals surface area contributed by atoms with Gasteiger partial charge < -0.3 is 5.32 Å². The van der Waals surface area contributed by atoms with Crippen molar-refractivity contribution >= 4 is 27.2 Å². The van der Waals surface area contributed by atoms with Crippen molar-refractivity contribution in [1.82, 2.24) is 20.0 Å². The SMILES string of the molecule is CCc1ccc(S(=O)(=O)Nc2ccc(Nc3ccc(-n4cccn4)nn3)cc2)cc1. The van der Waals surface area contributed by atoms with Crippen molar-refractivity contribution in [1.29, 1.82) is 0 Å². The molecule has 0 spiro atoms. The van der Waals surface area contributed by atoms with Gasteiger partial charge in [-0.05, 0) is 66.6 Å². The van der Waals surface area contributed by atoms with Crippen LogP contribution in [0.1, 0.15) is 12.5 Å². The molecular weight excluding hydrogens is 400 g/mol. The van der Waals surface area contributed by atoms with Crippen molar-refractivity contribution in [3.63, 3.8) is 0 Å². The maximum absolute atomic E-state index is 12.6. The first-order valence-corrected chi connectivity index (χ1v) is 10.8. The molecule has 0 saturated heterocycles. The minimum atomic E-state index is -3.64. The lowest BCUT2D eigenvalue weighted by atomic mass is 10.2. The Balaban J connectivity index is 1.42. The molecule has 9 heteroatoms. The Hall–Kier alpha value is -3.72. The molecule has 0 aliphatic carbocycles. The minimum absolute atomic E-state index is 0.231. The fourth-order valence-electron chi connectivity index (χ4n) is 2.81. The number of hydrogen-bond donors (Lipinski definition) is 2. The van der Waals surface area contributed by atoms with E-state index in [1.165, 1.54) is 0 Å². The number of sulfonamides is 1. The van der Waals surface area contributed by atoms with Gasteiger partial charge >= 0.3 is 0 Å². The van der Waals surface area contributed by atoms with E-state index in [0.717, 1.165) is 17.7 Å². The topological polar surface area (TPSA) is 102 Å². The second-order valence-corrected chi connectivity index (χ2v) is 8.22. The second kappa shape index (κ2) is 8.34. The first-order valence-electron chi connectivity index (χ1n) is 9.36. The maximum Gasteiger partial charge on any atom is 0.261 e. The Bertz CT molecular complexity index is 1200. The summed E-state index contributed by atoms with van der Waals surface area (Å²) < 4.78 is 29.3. The summed E-state index contributed by atoms with van der Waals surface area (Å²) in [5.41, 5.74) is 2.32. The van der Waals surface area contributed by atoms with Crippen LogP contribution in [0, 0.1) is 0 Å². The molecule has 2 aromatic carbocycles. The highest BCUT2D eigenvalue weighted by molar-refractivity contribution is 7.92. The third-order valence-corrected chi connectivity index (χ3v) is 5.84. The van der Waals surface area contributed by atoms with Gasteiger partial charge in [-0.25, -0.2) is 13.1 Å². The van der Waals surface area contributed by atoms with E-state index in [2.05, 4.69) is 25.3 Å². The van der Waals surface area contributed by atoms with E-state index in [4.69, 9.17) is 0 Å². The van der Waals surface area contributed by atoms with Crippen LogP contribution >= 0.6 is 0 Å². The summed E-state index contributed by atoms with van der Waals surface area (Å²) in [5.74, 6) is 1.18. The molecule has 8 nitrogen and oxygen atoms in total. The zero-order valence-electron chi connectivity index (χ0n) is 16.2. The molecule has 2 heterocycles. The number of nitrogens with one attached hydrogen (secondary N) is 2. The van der Waals surface area contributed by atoms with E-state index in [9.17, 15) is 8.42 Å². The molecule has 0 atom stereocenters. The van der Waals surface area contributed by atoms with E-state index >= 15 is 0 Å². The number of aryl methyl sites for hydroxylation is 1. The third kappa shape index (κ3) is 4.47. The first-order chi connectivity index (χ1) is 14.5. The van der Waals surface area contributed by atoms with Crippen molar-refractivity contribution < 1.29 is 8.42 Å². The zero-order chi connectivity index (χ0) is 21.0. The van der Waals surface area contributed by atoms with Gasteiger partial charge in [0.15, 0.2) is 11.6 Å². The second-order valence-electron chi connectivity index (χ2n) is 6.53. The van der Waals surface area contributed by atoms with Crippen LogP contribution in [0.5, 0.6) is 0 Å². The van der Waals surface area contributed by atoms with Crippen molar-refractivity contribution in [2.24, 2.45) is 0 Å². The van der Waals surface area contributed by atoms with Crippen LogP contribution in [-0.4, -0.2) is 28.4 Å². The summed E-state index contributed by atoms with van der Waals surface area (Å²) in [6.07, 6.45) is 4.32. The van der Waals surface area contributed by atoms with E-state index in [0.29, 0.717) is 17.3 Å². The van der Waals surface area contributed by atoms with Crippen LogP contribution < -0.4 is 10.0 Å². The molecule has 0 unspecified atom stereocenters. The Labute approximate surface area is 174 Å². The standard InChI is InChI=1S/C21H20N6O2S/c1-2-16-4-10-19(11-5-16)30(28,29)26-18-8-6-17(7-9-18)23-20-12-13-21(25-24-20)27-15-3-14-22-27/h3-15,26H,2H2,1H3,(H,23,24). The average Bonchev–Trinajstić information content (AvgIpc) is 3.30. The zero-order valence-corrected chi connectivity index (χ0v) is 17.0. The summed E-state index contributed by atoms with van der Waals surface area (Å²) in [5, 5.41) is 15.5. The minimum Gasteiger partial charge on any atom is -0.339 e. The number of nitrogens with zero attached hydrogens (tertiary/aromatic N) is 4. The molecule has 0 bridgehead atoms. The summed E-state index contributed by atoms with van der Waals surface area (Å²) in [6.45, 7) is 2.02. The molecule has 0 radical (unpaired) electrons. The predicted molar refractivity (Wildman–Crippen MR) is 116 cm³/mol. The molecule has 0 fully saturated rings. The molecule has 0 aliphatic heterocycles. The summed E-state index contributed by atoms with van der Waals surface area (Å²) in [6, 6.07) is 19.2. The molecule has 0 aliphatic rings. The van der Waals surface area contributed by atoms with E-state index in [-0.39, 0.29) is 4.90 Å². The van der Waals surface area contributed by atoms with Gasteiger partial charge in [-0.1, -0.05) is 19.1 Å². The van der Waals surface area contributed by atoms with E-state index in [1.54, 1.807) is 65.6 Å². The van der Waals surface area contributed by atoms with Crippen molar-refractivity contribution in [3.8, 4) is 5.82 Å². The Morgan fingerprint density at radius 1 is 0.900 bits per heavy atom. The van der Waals surface area contributed by atoms with Gasteiger partial charge in [-0.2, -0.15) is 5.10 Å². The Morgan fingerprint density at radius 2 is 1.63 bits per heavy atom. The Kier molecular flexibility index (Phi) is 5.44. The first kappa shape index (κ1) is 19.6. The van der Waals surface area contributed by atoms with Crippen LogP contribution in [0.15, 0.2) is 84.0 Å². The molecule has 2 aromatic heterocycles. The smallest absolute Gasteiger partial charge is 0.261 e. The lowest BCUT2D eigenvalue weighted by molar-refractivity contribution is 0.601. The van der Waals surface area contributed by atoms with Crippen molar-refractivity contribution in [2.75, 3.05) is 10.0 Å². The van der Waals surface area contributed by atoms with Crippen LogP contribution in [-0.2, 0) is 16.4 Å². The summed E-state index contributed by atoms with van der Waals surface area (Å²) >= 11 is 0. The Morgan fingerprint density at radius 3 is 2.23 bits per heavy atom. The van der Waals surface area contributed by atoms with E-state index in [1.807, 2.05) is 25.1 Å². The molecular formula is C21H20N6O2S. The largest absolute Gasteiger partial charge is 0.339 e. The fourth-order valence-corrected chi connectivity index (χ4v) is 3.86. The molecule has 0 amide bonds. The number of benzene rings is 2. The van der Waals surface area contributed by atoms with Gasteiger partial charge in [0.05, 0.1) is 4.90 Å². The van der Waals surface area contributed by atoms with Crippen LogP contribution in [0.2, 0.25) is 0 Å². The van der Waals surface area contributed by atoms with Gasteiger partial charge in [-0.15, -0.1) is 10.2 Å². The van der Waals surface area contributed by atoms with Gasteiger partial charge in [0.25, 0.3) is 10.0 Å². The summed E-state index contributed by atoms with van der Waals surface area (Å²) in [7, 11) is -3.64. The quantitative estimate of drug-likeness (QED) is 0.472. The molecule has 2 N–H and O–H groups in total. The van der Waals surface area contributed by atoms with Gasteiger partial charge in [-0.3, -0.25) is 4.72 Å². The lowest BCUT2D eigenvalue weighted by Crippen LogP contribution is -2.12. The molecule has 4 rings (SSSR count). The number of rotatable bonds is 7. The van der Waals surface area contributed by atoms with Crippen LogP contribution in [0.25, 0.3) is 5.82 Å². The highest BCUT2D eigenvalue weighted by atomic mass is 32.2. The normalized spacial score (nSPS) is 11.2. The van der Waals surface area contributed by atoms with Crippen molar-refractivity contribution in [3.05, 3.63) is 84.7 Å².